The molecule has 1 heterocycles. The second-order valence-electron chi connectivity index (χ2n) is 6.06. The molecular formula is C19H19N3O3S. The van der Waals surface area contributed by atoms with Crippen molar-refractivity contribution in [3.8, 4) is 0 Å². The number of esters is 1. The van der Waals surface area contributed by atoms with Gasteiger partial charge in [0.1, 0.15) is 0 Å². The number of hydrogen-bond donors (Lipinski definition) is 1. The molecule has 1 N–H and O–H groups in total. The van der Waals surface area contributed by atoms with E-state index in [2.05, 4.69) is 10.3 Å². The zero-order valence-corrected chi connectivity index (χ0v) is 15.6. The highest BCUT2D eigenvalue weighted by Crippen LogP contribution is 2.26. The standard InChI is InChI=1S/C19H19N3O3S/c1-12-4-9-15-16(10-12)26-19(20-15)21-17(23)11-25-18(24)13-5-7-14(8-6-13)22(2)3/h4-10H,11H2,1-3H3,(H,20,21,23). The molecule has 134 valence electrons. The van der Waals surface area contributed by atoms with Gasteiger partial charge in [-0.1, -0.05) is 17.4 Å². The van der Waals surface area contributed by atoms with Crippen LogP contribution in [0.1, 0.15) is 15.9 Å². The van der Waals surface area contributed by atoms with E-state index in [4.69, 9.17) is 4.74 Å². The number of thiazole rings is 1. The van der Waals surface area contributed by atoms with E-state index in [1.165, 1.54) is 11.3 Å². The number of nitrogens with zero attached hydrogens (tertiary/aromatic N) is 2. The first-order valence-corrected chi connectivity index (χ1v) is 8.85. The SMILES string of the molecule is Cc1ccc2nc(NC(=O)COC(=O)c3ccc(N(C)C)cc3)sc2c1. The zero-order chi connectivity index (χ0) is 18.7. The molecule has 2 aromatic carbocycles. The van der Waals surface area contributed by atoms with E-state index in [0.29, 0.717) is 10.7 Å². The highest BCUT2D eigenvalue weighted by atomic mass is 32.1. The third-order valence-corrected chi connectivity index (χ3v) is 4.68. The number of carbonyl (C=O) groups excluding carboxylic acids is 2. The lowest BCUT2D eigenvalue weighted by molar-refractivity contribution is -0.119. The monoisotopic (exact) mass is 369 g/mol. The summed E-state index contributed by atoms with van der Waals surface area (Å²) in [6.07, 6.45) is 0. The van der Waals surface area contributed by atoms with E-state index in [9.17, 15) is 9.59 Å². The van der Waals surface area contributed by atoms with Gasteiger partial charge in [0.25, 0.3) is 5.91 Å². The maximum Gasteiger partial charge on any atom is 0.338 e. The Morgan fingerprint density at radius 1 is 1.15 bits per heavy atom. The fourth-order valence-corrected chi connectivity index (χ4v) is 3.33. The van der Waals surface area contributed by atoms with Crippen molar-refractivity contribution in [2.75, 3.05) is 30.9 Å². The van der Waals surface area contributed by atoms with Crippen LogP contribution in [0.15, 0.2) is 42.5 Å². The molecule has 0 fully saturated rings. The van der Waals surface area contributed by atoms with Gasteiger partial charge in [0, 0.05) is 19.8 Å². The molecule has 0 aliphatic heterocycles. The van der Waals surface area contributed by atoms with Crippen molar-refractivity contribution < 1.29 is 14.3 Å². The van der Waals surface area contributed by atoms with Crippen molar-refractivity contribution in [3.05, 3.63) is 53.6 Å². The molecular weight excluding hydrogens is 350 g/mol. The Bertz CT molecular complexity index is 948. The molecule has 1 amide bonds. The van der Waals surface area contributed by atoms with Crippen LogP contribution in [0, 0.1) is 6.92 Å². The van der Waals surface area contributed by atoms with Crippen molar-refractivity contribution in [2.45, 2.75) is 6.92 Å². The molecule has 0 unspecified atom stereocenters. The molecule has 0 aliphatic rings. The first-order valence-electron chi connectivity index (χ1n) is 8.04. The lowest BCUT2D eigenvalue weighted by atomic mass is 10.2. The van der Waals surface area contributed by atoms with Crippen LogP contribution < -0.4 is 10.2 Å². The molecule has 0 bridgehead atoms. The summed E-state index contributed by atoms with van der Waals surface area (Å²) in [5.41, 5.74) is 3.34. The van der Waals surface area contributed by atoms with Crippen LogP contribution in [0.4, 0.5) is 10.8 Å². The minimum atomic E-state index is -0.537. The average Bonchev–Trinajstić information content (AvgIpc) is 3.00. The second kappa shape index (κ2) is 7.53. The molecule has 6 nitrogen and oxygen atoms in total. The fraction of sp³-hybridized carbons (Fsp3) is 0.211. The summed E-state index contributed by atoms with van der Waals surface area (Å²) >= 11 is 1.39. The lowest BCUT2D eigenvalue weighted by Crippen LogP contribution is -2.20. The fourth-order valence-electron chi connectivity index (χ4n) is 2.35. The van der Waals surface area contributed by atoms with Crippen molar-refractivity contribution >= 4 is 44.2 Å². The molecule has 0 radical (unpaired) electrons. The molecule has 0 atom stereocenters. The predicted molar refractivity (Wildman–Crippen MR) is 104 cm³/mol. The molecule has 26 heavy (non-hydrogen) atoms. The van der Waals surface area contributed by atoms with E-state index < -0.39 is 11.9 Å². The number of carbonyl (C=O) groups is 2. The van der Waals surface area contributed by atoms with Crippen LogP contribution in [-0.4, -0.2) is 37.6 Å². The number of amides is 1. The van der Waals surface area contributed by atoms with Crippen molar-refractivity contribution in [3.63, 3.8) is 0 Å². The Labute approximate surface area is 155 Å². The Balaban J connectivity index is 1.56. The summed E-state index contributed by atoms with van der Waals surface area (Å²) in [6.45, 7) is 1.64. The maximum atomic E-state index is 12.0. The number of anilines is 2. The largest absolute Gasteiger partial charge is 0.452 e. The Morgan fingerprint density at radius 2 is 1.88 bits per heavy atom. The molecule has 0 aliphatic carbocycles. The van der Waals surface area contributed by atoms with Gasteiger partial charge in [0.05, 0.1) is 15.8 Å². The Morgan fingerprint density at radius 3 is 2.58 bits per heavy atom. The summed E-state index contributed by atoms with van der Waals surface area (Å²) in [5.74, 6) is -0.954. The molecule has 0 spiro atoms. The third-order valence-electron chi connectivity index (χ3n) is 3.74. The summed E-state index contributed by atoms with van der Waals surface area (Å²) in [7, 11) is 3.84. The van der Waals surface area contributed by atoms with Gasteiger partial charge in [-0.25, -0.2) is 9.78 Å². The van der Waals surface area contributed by atoms with Crippen LogP contribution >= 0.6 is 11.3 Å². The highest BCUT2D eigenvalue weighted by Gasteiger charge is 2.12. The molecule has 0 saturated carbocycles. The van der Waals surface area contributed by atoms with Gasteiger partial charge in [-0.15, -0.1) is 0 Å². The minimum Gasteiger partial charge on any atom is -0.452 e. The number of benzene rings is 2. The van der Waals surface area contributed by atoms with Gasteiger partial charge in [0.15, 0.2) is 11.7 Å². The minimum absolute atomic E-state index is 0.358. The maximum absolute atomic E-state index is 12.0. The topological polar surface area (TPSA) is 71.5 Å². The molecule has 3 rings (SSSR count). The van der Waals surface area contributed by atoms with Crippen molar-refractivity contribution in [1.29, 1.82) is 0 Å². The van der Waals surface area contributed by atoms with E-state index in [-0.39, 0.29) is 6.61 Å². The lowest BCUT2D eigenvalue weighted by Gasteiger charge is -2.12. The third kappa shape index (κ3) is 4.18. The number of nitrogens with one attached hydrogen (secondary N) is 1. The highest BCUT2D eigenvalue weighted by molar-refractivity contribution is 7.22. The van der Waals surface area contributed by atoms with E-state index in [1.54, 1.807) is 12.1 Å². The van der Waals surface area contributed by atoms with Gasteiger partial charge in [0.2, 0.25) is 0 Å². The number of aromatic nitrogens is 1. The molecule has 1 aromatic heterocycles. The van der Waals surface area contributed by atoms with Crippen LogP contribution in [0.2, 0.25) is 0 Å². The smallest absolute Gasteiger partial charge is 0.338 e. The van der Waals surface area contributed by atoms with Crippen LogP contribution in [0.3, 0.4) is 0 Å². The predicted octanol–water partition coefficient (Wildman–Crippen LogP) is 3.47. The second-order valence-corrected chi connectivity index (χ2v) is 7.09. The van der Waals surface area contributed by atoms with Gasteiger partial charge in [-0.2, -0.15) is 0 Å². The Kier molecular flexibility index (Phi) is 5.18. The van der Waals surface area contributed by atoms with Gasteiger partial charge >= 0.3 is 5.97 Å². The average molecular weight is 369 g/mol. The number of rotatable bonds is 5. The number of fused-ring (bicyclic) bond motifs is 1. The molecule has 3 aromatic rings. The van der Waals surface area contributed by atoms with E-state index >= 15 is 0 Å². The summed E-state index contributed by atoms with van der Waals surface area (Å²) in [4.78, 5) is 30.3. The van der Waals surface area contributed by atoms with Crippen molar-refractivity contribution in [1.82, 2.24) is 4.98 Å². The first-order chi connectivity index (χ1) is 12.4. The van der Waals surface area contributed by atoms with Crippen LogP contribution in [0.25, 0.3) is 10.2 Å². The first kappa shape index (κ1) is 17.9. The number of ether oxygens (including phenoxy) is 1. The van der Waals surface area contributed by atoms with Crippen LogP contribution in [0.5, 0.6) is 0 Å². The van der Waals surface area contributed by atoms with E-state index in [0.717, 1.165) is 21.5 Å². The van der Waals surface area contributed by atoms with E-state index in [1.807, 2.05) is 56.3 Å². The summed E-state index contributed by atoms with van der Waals surface area (Å²) in [6, 6.07) is 12.9. The quantitative estimate of drug-likeness (QED) is 0.697. The van der Waals surface area contributed by atoms with Gasteiger partial charge in [-0.05, 0) is 48.9 Å². The summed E-state index contributed by atoms with van der Waals surface area (Å²) < 4.78 is 6.07. The number of hydrogen-bond acceptors (Lipinski definition) is 6. The number of aryl methyl sites for hydroxylation is 1. The normalized spacial score (nSPS) is 10.6. The van der Waals surface area contributed by atoms with Gasteiger partial charge in [-0.3, -0.25) is 10.1 Å². The van der Waals surface area contributed by atoms with Crippen molar-refractivity contribution in [2.24, 2.45) is 0 Å². The van der Waals surface area contributed by atoms with Crippen LogP contribution in [-0.2, 0) is 9.53 Å². The zero-order valence-electron chi connectivity index (χ0n) is 14.8. The molecule has 0 saturated heterocycles. The summed E-state index contributed by atoms with van der Waals surface area (Å²) in [5, 5.41) is 3.15. The van der Waals surface area contributed by atoms with Gasteiger partial charge < -0.3 is 9.64 Å². The Hall–Kier alpha value is -2.93. The molecule has 7 heteroatoms.